The molecule has 1 saturated heterocycles. The van der Waals surface area contributed by atoms with Gasteiger partial charge in [-0.1, -0.05) is 6.07 Å². The average molecular weight is 450 g/mol. The van der Waals surface area contributed by atoms with Crippen LogP contribution in [0, 0.1) is 19.7 Å². The second kappa shape index (κ2) is 9.00. The molecular weight excluding hydrogens is 421 g/mol. The van der Waals surface area contributed by atoms with Crippen molar-refractivity contribution in [3.8, 4) is 17.2 Å². The predicted molar refractivity (Wildman–Crippen MR) is 124 cm³/mol. The van der Waals surface area contributed by atoms with Gasteiger partial charge in [0, 0.05) is 55.4 Å². The van der Waals surface area contributed by atoms with E-state index >= 15 is 0 Å². The number of halogens is 1. The van der Waals surface area contributed by atoms with Gasteiger partial charge in [-0.2, -0.15) is 0 Å². The Kier molecular flexibility index (Phi) is 5.91. The molecule has 2 aliphatic rings. The van der Waals surface area contributed by atoms with Crippen LogP contribution in [0.25, 0.3) is 5.69 Å². The third kappa shape index (κ3) is 4.51. The van der Waals surface area contributed by atoms with Gasteiger partial charge in [-0.25, -0.2) is 4.39 Å². The van der Waals surface area contributed by atoms with Crippen LogP contribution in [0.15, 0.2) is 48.5 Å². The van der Waals surface area contributed by atoms with Gasteiger partial charge in [0.05, 0.1) is 6.54 Å². The molecule has 0 bridgehead atoms. The number of hydrogen-bond acceptors (Lipinski definition) is 5. The lowest BCUT2D eigenvalue weighted by atomic mass is 10.1. The van der Waals surface area contributed by atoms with Crippen LogP contribution in [0.3, 0.4) is 0 Å². The van der Waals surface area contributed by atoms with Crippen molar-refractivity contribution in [3.63, 3.8) is 0 Å². The molecule has 0 saturated carbocycles. The van der Waals surface area contributed by atoms with Crippen LogP contribution in [0.1, 0.15) is 27.3 Å². The van der Waals surface area contributed by atoms with Gasteiger partial charge in [-0.05, 0) is 61.9 Å². The highest BCUT2D eigenvalue weighted by Gasteiger charge is 2.23. The van der Waals surface area contributed by atoms with E-state index in [1.165, 1.54) is 17.7 Å². The lowest BCUT2D eigenvalue weighted by Gasteiger charge is -2.34. The molecule has 3 heterocycles. The van der Waals surface area contributed by atoms with E-state index in [0.717, 1.165) is 66.9 Å². The van der Waals surface area contributed by atoms with Gasteiger partial charge < -0.3 is 14.0 Å². The number of benzene rings is 2. The number of carbonyl (C=O) groups excluding carboxylic acids is 1. The lowest BCUT2D eigenvalue weighted by Crippen LogP contribution is -2.47. The molecule has 172 valence electrons. The summed E-state index contributed by atoms with van der Waals surface area (Å²) in [5.41, 5.74) is 4.67. The average Bonchev–Trinajstić information content (AvgIpc) is 3.39. The summed E-state index contributed by atoms with van der Waals surface area (Å²) in [5.74, 6) is 1.48. The number of piperazine rings is 1. The van der Waals surface area contributed by atoms with Crippen LogP contribution in [0.4, 0.5) is 4.39 Å². The molecule has 0 amide bonds. The number of aromatic nitrogens is 1. The maximum Gasteiger partial charge on any atom is 0.231 e. The molecule has 2 aromatic carbocycles. The molecule has 7 heteroatoms. The van der Waals surface area contributed by atoms with E-state index in [0.29, 0.717) is 6.54 Å². The van der Waals surface area contributed by atoms with Gasteiger partial charge in [0.1, 0.15) is 5.82 Å². The van der Waals surface area contributed by atoms with Crippen molar-refractivity contribution in [2.24, 2.45) is 0 Å². The minimum atomic E-state index is -0.268. The molecule has 0 spiro atoms. The van der Waals surface area contributed by atoms with Crippen molar-refractivity contribution in [1.29, 1.82) is 0 Å². The van der Waals surface area contributed by atoms with Crippen molar-refractivity contribution in [2.75, 3.05) is 39.5 Å². The van der Waals surface area contributed by atoms with Gasteiger partial charge in [-0.15, -0.1) is 0 Å². The Morgan fingerprint density at radius 3 is 2.36 bits per heavy atom. The van der Waals surface area contributed by atoms with Gasteiger partial charge in [0.2, 0.25) is 6.79 Å². The van der Waals surface area contributed by atoms with Crippen molar-refractivity contribution in [1.82, 2.24) is 14.4 Å². The van der Waals surface area contributed by atoms with Crippen LogP contribution in [0.2, 0.25) is 0 Å². The van der Waals surface area contributed by atoms with Crippen molar-refractivity contribution < 1.29 is 18.7 Å². The first-order chi connectivity index (χ1) is 16.0. The van der Waals surface area contributed by atoms with Crippen molar-refractivity contribution in [3.05, 3.63) is 76.9 Å². The van der Waals surface area contributed by atoms with E-state index in [1.807, 2.05) is 30.5 Å². The summed E-state index contributed by atoms with van der Waals surface area (Å²) in [6.07, 6.45) is 0. The Morgan fingerprint density at radius 2 is 1.61 bits per heavy atom. The number of hydrogen-bond donors (Lipinski definition) is 0. The SMILES string of the molecule is Cc1cc(C(=O)CN2CCN(Cc3ccc4c(c3)OCO4)CC2)c(C)n1-c1ccc(F)cc1. The molecule has 0 aliphatic carbocycles. The monoisotopic (exact) mass is 449 g/mol. The first kappa shape index (κ1) is 21.7. The number of aryl methyl sites for hydroxylation is 1. The fraction of sp³-hybridized carbons (Fsp3) is 0.346. The summed E-state index contributed by atoms with van der Waals surface area (Å²) in [6.45, 7) is 9.02. The van der Waals surface area contributed by atoms with Gasteiger partial charge >= 0.3 is 0 Å². The van der Waals surface area contributed by atoms with Gasteiger partial charge in [-0.3, -0.25) is 14.6 Å². The summed E-state index contributed by atoms with van der Waals surface area (Å²) in [7, 11) is 0. The number of ketones is 1. The molecule has 1 fully saturated rings. The molecule has 5 rings (SSSR count). The highest BCUT2D eigenvalue weighted by Crippen LogP contribution is 2.33. The molecule has 6 nitrogen and oxygen atoms in total. The minimum absolute atomic E-state index is 0.126. The zero-order valence-corrected chi connectivity index (χ0v) is 19.0. The third-order valence-corrected chi connectivity index (χ3v) is 6.49. The van der Waals surface area contributed by atoms with Gasteiger partial charge in [0.25, 0.3) is 0 Å². The topological polar surface area (TPSA) is 46.9 Å². The number of rotatable bonds is 6. The summed E-state index contributed by atoms with van der Waals surface area (Å²) >= 11 is 0. The Balaban J connectivity index is 1.19. The second-order valence-corrected chi connectivity index (χ2v) is 8.76. The van der Waals surface area contributed by atoms with E-state index in [2.05, 4.69) is 21.9 Å². The Labute approximate surface area is 193 Å². The third-order valence-electron chi connectivity index (χ3n) is 6.49. The number of carbonyl (C=O) groups is 1. The first-order valence-corrected chi connectivity index (χ1v) is 11.3. The quantitative estimate of drug-likeness (QED) is 0.533. The normalized spacial score (nSPS) is 16.3. The fourth-order valence-corrected chi connectivity index (χ4v) is 4.72. The zero-order chi connectivity index (χ0) is 22.9. The molecule has 3 aromatic rings. The summed E-state index contributed by atoms with van der Waals surface area (Å²) < 4.78 is 26.2. The van der Waals surface area contributed by atoms with Crippen molar-refractivity contribution in [2.45, 2.75) is 20.4 Å². The zero-order valence-electron chi connectivity index (χ0n) is 19.0. The second-order valence-electron chi connectivity index (χ2n) is 8.76. The molecule has 2 aliphatic heterocycles. The number of fused-ring (bicyclic) bond motifs is 1. The Bertz CT molecular complexity index is 1160. The highest BCUT2D eigenvalue weighted by atomic mass is 19.1. The number of ether oxygens (including phenoxy) is 2. The minimum Gasteiger partial charge on any atom is -0.454 e. The Morgan fingerprint density at radius 1 is 0.909 bits per heavy atom. The molecule has 0 N–H and O–H groups in total. The first-order valence-electron chi connectivity index (χ1n) is 11.3. The molecule has 0 atom stereocenters. The van der Waals surface area contributed by atoms with Crippen LogP contribution in [-0.4, -0.2) is 59.7 Å². The molecule has 1 aromatic heterocycles. The molecular formula is C26H28FN3O3. The Hall–Kier alpha value is -3.16. The summed E-state index contributed by atoms with van der Waals surface area (Å²) in [6, 6.07) is 14.4. The smallest absolute Gasteiger partial charge is 0.231 e. The van der Waals surface area contributed by atoms with E-state index in [4.69, 9.17) is 9.47 Å². The van der Waals surface area contributed by atoms with Crippen LogP contribution >= 0.6 is 0 Å². The number of nitrogens with zero attached hydrogens (tertiary/aromatic N) is 3. The highest BCUT2D eigenvalue weighted by molar-refractivity contribution is 5.99. The van der Waals surface area contributed by atoms with E-state index < -0.39 is 0 Å². The number of Topliss-reactive ketones (excluding diaryl/α,β-unsaturated/α-hetero) is 1. The maximum absolute atomic E-state index is 13.3. The van der Waals surface area contributed by atoms with E-state index in [1.54, 1.807) is 12.1 Å². The largest absolute Gasteiger partial charge is 0.454 e. The van der Waals surface area contributed by atoms with E-state index in [9.17, 15) is 9.18 Å². The maximum atomic E-state index is 13.3. The summed E-state index contributed by atoms with van der Waals surface area (Å²) in [4.78, 5) is 17.7. The van der Waals surface area contributed by atoms with Crippen LogP contribution < -0.4 is 9.47 Å². The molecule has 33 heavy (non-hydrogen) atoms. The molecule has 0 radical (unpaired) electrons. The van der Waals surface area contributed by atoms with Crippen LogP contribution in [0.5, 0.6) is 11.5 Å². The van der Waals surface area contributed by atoms with Gasteiger partial charge in [0.15, 0.2) is 17.3 Å². The van der Waals surface area contributed by atoms with Crippen LogP contribution in [-0.2, 0) is 6.54 Å². The van der Waals surface area contributed by atoms with Crippen molar-refractivity contribution >= 4 is 5.78 Å². The fourth-order valence-electron chi connectivity index (χ4n) is 4.72. The van der Waals surface area contributed by atoms with E-state index in [-0.39, 0.29) is 18.4 Å². The molecule has 0 unspecified atom stereocenters. The lowest BCUT2D eigenvalue weighted by molar-refractivity contribution is 0.0843. The summed E-state index contributed by atoms with van der Waals surface area (Å²) in [5, 5.41) is 0. The standard InChI is InChI=1S/C26H28FN3O3/c1-18-13-23(19(2)30(18)22-6-4-21(27)5-7-22)24(31)16-29-11-9-28(10-12-29)15-20-3-8-25-26(14-20)33-17-32-25/h3-8,13-14H,9-12,15-17H2,1-2H3. The predicted octanol–water partition coefficient (Wildman–Crippen LogP) is 3.96.